The Bertz CT molecular complexity index is 1150. The molecule has 7 heteroatoms. The van der Waals surface area contributed by atoms with E-state index in [4.69, 9.17) is 9.49 Å². The zero-order chi connectivity index (χ0) is 19.2. The molecule has 0 bridgehead atoms. The second kappa shape index (κ2) is 9.74. The maximum Gasteiger partial charge on any atom is -1.00 e. The van der Waals surface area contributed by atoms with Gasteiger partial charge in [-0.1, -0.05) is 0 Å². The van der Waals surface area contributed by atoms with E-state index in [-0.39, 0.29) is 24.8 Å². The van der Waals surface area contributed by atoms with Crippen molar-refractivity contribution in [2.24, 2.45) is 0 Å². The second-order valence-corrected chi connectivity index (χ2v) is 16.1. The molecule has 2 aromatic heterocycles. The van der Waals surface area contributed by atoms with Crippen molar-refractivity contribution < 1.29 is 47.7 Å². The molecule has 4 aromatic rings. The van der Waals surface area contributed by atoms with Gasteiger partial charge < -0.3 is 24.8 Å². The molecule has 0 aliphatic heterocycles. The van der Waals surface area contributed by atoms with Crippen molar-refractivity contribution in [3.8, 4) is 0 Å². The average molecular weight is 646 g/mol. The van der Waals surface area contributed by atoms with Crippen LogP contribution < -0.4 is 24.8 Å². The first-order valence-corrected chi connectivity index (χ1v) is 16.6. The van der Waals surface area contributed by atoms with Crippen LogP contribution in [0, 0.1) is 0 Å². The molecule has 2 aromatic carbocycles. The van der Waals surface area contributed by atoms with E-state index in [1.165, 1.54) is 11.1 Å². The molecular formula is C24H18Cl2HfN2P2. The molecule has 4 unspecified atom stereocenters. The normalized spacial score (nSPS) is 19.2. The molecule has 0 fully saturated rings. The van der Waals surface area contributed by atoms with Crippen LogP contribution in [-0.2, 0) is 22.9 Å². The smallest absolute Gasteiger partial charge is 1.00 e. The third kappa shape index (κ3) is 4.12. The number of hydrogen-bond acceptors (Lipinski definition) is 2. The van der Waals surface area contributed by atoms with E-state index >= 15 is 0 Å². The quantitative estimate of drug-likeness (QED) is 0.314. The summed E-state index contributed by atoms with van der Waals surface area (Å²) < 4.78 is 10.9. The summed E-state index contributed by atoms with van der Waals surface area (Å²) in [5.74, 6) is 4.63. The van der Waals surface area contributed by atoms with E-state index < -0.39 is 38.3 Å². The molecule has 0 saturated heterocycles. The summed E-state index contributed by atoms with van der Waals surface area (Å²) in [7, 11) is -1.01. The van der Waals surface area contributed by atoms with Crippen LogP contribution in [0.3, 0.4) is 0 Å². The number of allylic oxidation sites excluding steroid dienone is 2. The van der Waals surface area contributed by atoms with Crippen LogP contribution in [0.25, 0.3) is 22.8 Å². The van der Waals surface area contributed by atoms with E-state index in [0.29, 0.717) is 7.35 Å². The Hall–Kier alpha value is -1.21. The van der Waals surface area contributed by atoms with Crippen molar-refractivity contribution in [1.29, 1.82) is 0 Å². The van der Waals surface area contributed by atoms with E-state index in [0.717, 1.165) is 0 Å². The summed E-state index contributed by atoms with van der Waals surface area (Å²) in [5, 5.41) is 3.16. The molecule has 0 amide bonds. The van der Waals surface area contributed by atoms with Gasteiger partial charge in [0.05, 0.1) is 0 Å². The molecule has 0 N–H and O–H groups in total. The van der Waals surface area contributed by atoms with E-state index in [9.17, 15) is 0 Å². The zero-order valence-corrected chi connectivity index (χ0v) is 23.3. The van der Waals surface area contributed by atoms with Gasteiger partial charge in [-0.2, -0.15) is 0 Å². The van der Waals surface area contributed by atoms with Gasteiger partial charge in [0.1, 0.15) is 0 Å². The summed E-state index contributed by atoms with van der Waals surface area (Å²) in [6, 6.07) is 22.3. The van der Waals surface area contributed by atoms with Gasteiger partial charge in [-0.15, -0.1) is 0 Å². The summed E-state index contributed by atoms with van der Waals surface area (Å²) in [4.78, 5) is 0. The maximum absolute atomic E-state index is 4.81. The third-order valence-electron chi connectivity index (χ3n) is 5.68. The second-order valence-electron chi connectivity index (χ2n) is 7.33. The number of nitrogens with zero attached hydrogens (tertiary/aromatic N) is 2. The first-order valence-electron chi connectivity index (χ1n) is 9.75. The average Bonchev–Trinajstić information content (AvgIpc) is 3.55. The molecule has 31 heavy (non-hydrogen) atoms. The number of benzene rings is 2. The van der Waals surface area contributed by atoms with E-state index in [2.05, 4.69) is 84.4 Å². The molecule has 6 rings (SSSR count). The molecule has 0 radical (unpaired) electrons. The Balaban J connectivity index is 0.00000116. The first-order chi connectivity index (χ1) is 14.4. The molecule has 0 saturated carbocycles. The number of rotatable bonds is 4. The van der Waals surface area contributed by atoms with Crippen LogP contribution >= 0.6 is 15.4 Å². The Morgan fingerprint density at radius 2 is 1.06 bits per heavy atom. The van der Waals surface area contributed by atoms with Crippen LogP contribution in [0.1, 0.15) is 29.6 Å². The summed E-state index contributed by atoms with van der Waals surface area (Å²) in [5.41, 5.74) is 5.93. The van der Waals surface area contributed by atoms with Crippen molar-refractivity contribution in [2.75, 3.05) is 0 Å². The van der Waals surface area contributed by atoms with Crippen molar-refractivity contribution in [3.05, 3.63) is 107 Å². The fraction of sp³-hybridized carbons (Fsp3) is 0.0833. The number of aromatic nitrogens is 2. The predicted octanol–water partition coefficient (Wildman–Crippen LogP) is 1.35. The fourth-order valence-electron chi connectivity index (χ4n) is 4.37. The van der Waals surface area contributed by atoms with Crippen LogP contribution in [0.2, 0.25) is 0 Å². The molecule has 2 aliphatic rings. The standard InChI is InChI=1S/2C12H9NP.2ClH.Hf/c2*1-2-5-11-9-12(8-10(11)4-1)14-7-3-6-13-14;;;/h2*1-9H;2*1H;/q;;;;+2/p-2. The summed E-state index contributed by atoms with van der Waals surface area (Å²) >= 11 is -1.19. The van der Waals surface area contributed by atoms with Gasteiger partial charge in [0.15, 0.2) is 0 Å². The van der Waals surface area contributed by atoms with Crippen LogP contribution in [0.4, 0.5) is 0 Å². The Kier molecular flexibility index (Phi) is 7.21. The van der Waals surface area contributed by atoms with Gasteiger partial charge in [0, 0.05) is 0 Å². The Labute approximate surface area is 208 Å². The van der Waals surface area contributed by atoms with Crippen molar-refractivity contribution in [1.82, 2.24) is 9.49 Å². The minimum Gasteiger partial charge on any atom is -1.00 e. The maximum atomic E-state index is 4.81. The number of halogens is 2. The van der Waals surface area contributed by atoms with Crippen molar-refractivity contribution in [2.45, 2.75) is 7.35 Å². The largest absolute Gasteiger partial charge is 1.00 e. The minimum absolute atomic E-state index is 0. The van der Waals surface area contributed by atoms with E-state index in [1.807, 2.05) is 12.4 Å². The molecule has 2 heterocycles. The summed E-state index contributed by atoms with van der Waals surface area (Å²) in [6.07, 6.45) is 8.87. The van der Waals surface area contributed by atoms with Gasteiger partial charge in [-0.25, -0.2) is 0 Å². The van der Waals surface area contributed by atoms with Crippen LogP contribution in [-0.4, -0.2) is 9.49 Å². The Morgan fingerprint density at radius 3 is 1.48 bits per heavy atom. The van der Waals surface area contributed by atoms with Gasteiger partial charge in [0.25, 0.3) is 0 Å². The van der Waals surface area contributed by atoms with Crippen molar-refractivity contribution in [3.63, 3.8) is 0 Å². The van der Waals surface area contributed by atoms with Gasteiger partial charge in [0.2, 0.25) is 0 Å². The summed E-state index contributed by atoms with van der Waals surface area (Å²) in [6.45, 7) is 0. The topological polar surface area (TPSA) is 25.8 Å². The molecule has 4 atom stereocenters. The van der Waals surface area contributed by atoms with E-state index in [1.54, 1.807) is 21.8 Å². The third-order valence-corrected chi connectivity index (χ3v) is 17.8. The van der Waals surface area contributed by atoms with Crippen molar-refractivity contribution >= 4 is 38.2 Å². The van der Waals surface area contributed by atoms with Gasteiger partial charge >= 0.3 is 185 Å². The predicted molar refractivity (Wildman–Crippen MR) is 121 cm³/mol. The fourth-order valence-corrected chi connectivity index (χ4v) is 17.7. The van der Waals surface area contributed by atoms with Crippen LogP contribution in [0.15, 0.2) is 84.7 Å². The Morgan fingerprint density at radius 1 is 0.613 bits per heavy atom. The monoisotopic (exact) mass is 646 g/mol. The molecule has 0 spiro atoms. The minimum atomic E-state index is -1.19. The van der Waals surface area contributed by atoms with Gasteiger partial charge in [-0.3, -0.25) is 0 Å². The van der Waals surface area contributed by atoms with Gasteiger partial charge in [-0.05, 0) is 0 Å². The molecular weight excluding hydrogens is 628 g/mol. The molecule has 152 valence electrons. The SMILES string of the molecule is C1=C(p2cccn2)[CH]([Hf+2][CH]2C(p3cccn3)=Cc3ccccc32)c2ccccc21.[Cl-].[Cl-]. The zero-order valence-electron chi connectivity index (χ0n) is 16.4. The molecule has 2 nitrogen and oxygen atoms in total. The number of hydrogen-bond donors (Lipinski definition) is 0. The number of fused-ring (bicyclic) bond motifs is 2. The molecule has 2 aliphatic carbocycles. The van der Waals surface area contributed by atoms with Crippen LogP contribution in [0.5, 0.6) is 0 Å². The first kappa shape index (κ1) is 23.0.